The zero-order valence-corrected chi connectivity index (χ0v) is 11.3. The van der Waals surface area contributed by atoms with Gasteiger partial charge in [0.05, 0.1) is 5.92 Å². The van der Waals surface area contributed by atoms with Crippen molar-refractivity contribution in [2.45, 2.75) is 32.2 Å². The van der Waals surface area contributed by atoms with Crippen molar-refractivity contribution in [2.24, 2.45) is 5.92 Å². The number of carboxylic acid groups (broad SMARTS) is 1. The SMILES string of the molecule is CCS(=O)CCNC(=O)NC1CCC(C(=O)O)C1. The number of hydrogen-bond acceptors (Lipinski definition) is 3. The molecular weight excluding hydrogens is 256 g/mol. The number of rotatable bonds is 6. The van der Waals surface area contributed by atoms with Crippen molar-refractivity contribution in [2.75, 3.05) is 18.1 Å². The Morgan fingerprint density at radius 2 is 2.11 bits per heavy atom. The van der Waals surface area contributed by atoms with Crippen molar-refractivity contribution in [3.63, 3.8) is 0 Å². The van der Waals surface area contributed by atoms with E-state index in [1.165, 1.54) is 0 Å². The van der Waals surface area contributed by atoms with Crippen LogP contribution in [0.4, 0.5) is 4.79 Å². The van der Waals surface area contributed by atoms with E-state index in [2.05, 4.69) is 10.6 Å². The van der Waals surface area contributed by atoms with Crippen molar-refractivity contribution >= 4 is 22.8 Å². The van der Waals surface area contributed by atoms with Crippen LogP contribution in [0, 0.1) is 5.92 Å². The highest BCUT2D eigenvalue weighted by atomic mass is 32.2. The fourth-order valence-corrected chi connectivity index (χ4v) is 2.61. The number of carbonyl (C=O) groups excluding carboxylic acids is 1. The van der Waals surface area contributed by atoms with Gasteiger partial charge in [-0.15, -0.1) is 0 Å². The lowest BCUT2D eigenvalue weighted by Crippen LogP contribution is -2.42. The van der Waals surface area contributed by atoms with Crippen molar-refractivity contribution in [3.8, 4) is 0 Å². The Labute approximate surface area is 109 Å². The van der Waals surface area contributed by atoms with Crippen LogP contribution in [0.5, 0.6) is 0 Å². The summed E-state index contributed by atoms with van der Waals surface area (Å²) >= 11 is 0. The van der Waals surface area contributed by atoms with Gasteiger partial charge in [0.15, 0.2) is 0 Å². The minimum absolute atomic E-state index is 0.0669. The molecule has 0 heterocycles. The van der Waals surface area contributed by atoms with Crippen LogP contribution >= 0.6 is 0 Å². The second-order valence-corrected chi connectivity index (χ2v) is 6.24. The molecule has 0 spiro atoms. The molecule has 1 fully saturated rings. The molecular formula is C11H20N2O4S. The summed E-state index contributed by atoms with van der Waals surface area (Å²) in [6, 6.07) is -0.373. The van der Waals surface area contributed by atoms with Gasteiger partial charge in [-0.05, 0) is 19.3 Å². The van der Waals surface area contributed by atoms with Crippen LogP contribution in [0.3, 0.4) is 0 Å². The normalized spacial score (nSPS) is 24.5. The lowest BCUT2D eigenvalue weighted by molar-refractivity contribution is -0.141. The first kappa shape index (κ1) is 14.9. The molecule has 0 radical (unpaired) electrons. The van der Waals surface area contributed by atoms with Gasteiger partial charge >= 0.3 is 12.0 Å². The summed E-state index contributed by atoms with van der Waals surface area (Å²) < 4.78 is 11.1. The number of carboxylic acids is 1. The molecule has 3 unspecified atom stereocenters. The summed E-state index contributed by atoms with van der Waals surface area (Å²) in [6.45, 7) is 2.21. The molecule has 0 saturated heterocycles. The molecule has 3 atom stereocenters. The maximum Gasteiger partial charge on any atom is 0.315 e. The van der Waals surface area contributed by atoms with Crippen LogP contribution in [0.1, 0.15) is 26.2 Å². The first-order valence-corrected chi connectivity index (χ1v) is 7.63. The van der Waals surface area contributed by atoms with Crippen LogP contribution in [0.2, 0.25) is 0 Å². The number of carbonyl (C=O) groups is 2. The average molecular weight is 276 g/mol. The molecule has 1 aliphatic rings. The highest BCUT2D eigenvalue weighted by molar-refractivity contribution is 7.84. The Morgan fingerprint density at radius 1 is 1.39 bits per heavy atom. The lowest BCUT2D eigenvalue weighted by Gasteiger charge is -2.13. The number of urea groups is 1. The molecule has 0 aromatic heterocycles. The number of hydrogen-bond donors (Lipinski definition) is 3. The van der Waals surface area contributed by atoms with E-state index < -0.39 is 16.8 Å². The molecule has 3 N–H and O–H groups in total. The van der Waals surface area contributed by atoms with Gasteiger partial charge in [-0.25, -0.2) is 4.79 Å². The highest BCUT2D eigenvalue weighted by Gasteiger charge is 2.30. The minimum Gasteiger partial charge on any atom is -0.481 e. The second kappa shape index (κ2) is 7.35. The van der Waals surface area contributed by atoms with Gasteiger partial charge < -0.3 is 15.7 Å². The van der Waals surface area contributed by atoms with Gasteiger partial charge in [0, 0.05) is 34.9 Å². The molecule has 0 bridgehead atoms. The number of amides is 2. The van der Waals surface area contributed by atoms with Crippen LogP contribution in [-0.2, 0) is 15.6 Å². The summed E-state index contributed by atoms with van der Waals surface area (Å²) in [7, 11) is -0.879. The van der Waals surface area contributed by atoms with Crippen molar-refractivity contribution < 1.29 is 18.9 Å². The van der Waals surface area contributed by atoms with Crippen molar-refractivity contribution in [3.05, 3.63) is 0 Å². The van der Waals surface area contributed by atoms with Gasteiger partial charge in [0.25, 0.3) is 0 Å². The van der Waals surface area contributed by atoms with Crippen LogP contribution in [0.25, 0.3) is 0 Å². The molecule has 1 saturated carbocycles. The lowest BCUT2D eigenvalue weighted by atomic mass is 10.1. The Balaban J connectivity index is 2.17. The molecule has 2 amide bonds. The van der Waals surface area contributed by atoms with Gasteiger partial charge in [0.1, 0.15) is 0 Å². The third-order valence-corrected chi connectivity index (χ3v) is 4.36. The van der Waals surface area contributed by atoms with Crippen molar-refractivity contribution in [1.29, 1.82) is 0 Å². The second-order valence-electron chi connectivity index (χ2n) is 4.38. The fourth-order valence-electron chi connectivity index (χ4n) is 2.00. The Morgan fingerprint density at radius 3 is 2.67 bits per heavy atom. The van der Waals surface area contributed by atoms with E-state index in [4.69, 9.17) is 5.11 Å². The largest absolute Gasteiger partial charge is 0.481 e. The van der Waals surface area contributed by atoms with Gasteiger partial charge in [-0.1, -0.05) is 6.92 Å². The third kappa shape index (κ3) is 5.03. The fraction of sp³-hybridized carbons (Fsp3) is 0.818. The summed E-state index contributed by atoms with van der Waals surface area (Å²) in [5, 5.41) is 14.2. The maximum absolute atomic E-state index is 11.5. The molecule has 104 valence electrons. The van der Waals surface area contributed by atoms with E-state index in [0.29, 0.717) is 37.3 Å². The van der Waals surface area contributed by atoms with E-state index in [0.717, 1.165) is 0 Å². The monoisotopic (exact) mass is 276 g/mol. The van der Waals surface area contributed by atoms with Gasteiger partial charge in [-0.3, -0.25) is 9.00 Å². The van der Waals surface area contributed by atoms with Crippen LogP contribution < -0.4 is 10.6 Å². The van der Waals surface area contributed by atoms with E-state index in [-0.39, 0.29) is 18.0 Å². The van der Waals surface area contributed by atoms with E-state index in [1.807, 2.05) is 6.92 Å². The quantitative estimate of drug-likeness (QED) is 0.650. The predicted molar refractivity (Wildman–Crippen MR) is 68.8 cm³/mol. The molecule has 0 aromatic rings. The summed E-state index contributed by atoms with van der Waals surface area (Å²) in [4.78, 5) is 22.2. The molecule has 1 rings (SSSR count). The predicted octanol–water partition coefficient (Wildman–Crippen LogP) is 0.308. The van der Waals surface area contributed by atoms with E-state index in [9.17, 15) is 13.8 Å². The third-order valence-electron chi connectivity index (χ3n) is 3.05. The Hall–Kier alpha value is -1.11. The smallest absolute Gasteiger partial charge is 0.315 e. The van der Waals surface area contributed by atoms with Crippen LogP contribution in [0.15, 0.2) is 0 Å². The molecule has 18 heavy (non-hydrogen) atoms. The highest BCUT2D eigenvalue weighted by Crippen LogP contribution is 2.25. The summed E-state index contributed by atoms with van der Waals surface area (Å²) in [6.07, 6.45) is 1.80. The molecule has 0 aromatic carbocycles. The first-order valence-electron chi connectivity index (χ1n) is 6.15. The Bertz CT molecular complexity index is 335. The maximum atomic E-state index is 11.5. The molecule has 6 nitrogen and oxygen atoms in total. The van der Waals surface area contributed by atoms with Gasteiger partial charge in [-0.2, -0.15) is 0 Å². The topological polar surface area (TPSA) is 95.5 Å². The number of nitrogens with one attached hydrogen (secondary N) is 2. The standard InChI is InChI=1S/C11H20N2O4S/c1-2-18(17)6-5-12-11(16)13-9-4-3-8(7-9)10(14)15/h8-9H,2-7H2,1H3,(H,14,15)(H2,12,13,16). The zero-order chi connectivity index (χ0) is 13.5. The summed E-state index contributed by atoms with van der Waals surface area (Å²) in [5.41, 5.74) is 0. The minimum atomic E-state index is -0.879. The molecule has 7 heteroatoms. The van der Waals surface area contributed by atoms with E-state index in [1.54, 1.807) is 0 Å². The average Bonchev–Trinajstić information content (AvgIpc) is 2.77. The number of aliphatic carboxylic acids is 1. The zero-order valence-electron chi connectivity index (χ0n) is 10.5. The van der Waals surface area contributed by atoms with Gasteiger partial charge in [0.2, 0.25) is 0 Å². The van der Waals surface area contributed by atoms with Crippen LogP contribution in [-0.4, -0.2) is 45.4 Å². The van der Waals surface area contributed by atoms with E-state index >= 15 is 0 Å². The van der Waals surface area contributed by atoms with Crippen molar-refractivity contribution in [1.82, 2.24) is 10.6 Å². The molecule has 1 aliphatic carbocycles. The molecule has 0 aliphatic heterocycles. The Kier molecular flexibility index (Phi) is 6.11. The summed E-state index contributed by atoms with van der Waals surface area (Å²) in [5.74, 6) is -0.0978. The first-order chi connectivity index (χ1) is 8.52.